The number of hydrogen-bond donors (Lipinski definition) is 1. The molecule has 1 N–H and O–H groups in total. The van der Waals surface area contributed by atoms with E-state index in [2.05, 4.69) is 121 Å². The van der Waals surface area contributed by atoms with E-state index in [0.29, 0.717) is 0 Å². The predicted octanol–water partition coefficient (Wildman–Crippen LogP) is 7.92. The summed E-state index contributed by atoms with van der Waals surface area (Å²) < 4.78 is 0. The molecule has 0 atom stereocenters. The summed E-state index contributed by atoms with van der Waals surface area (Å²) in [6.07, 6.45) is 0. The van der Waals surface area contributed by atoms with Gasteiger partial charge in [-0.3, -0.25) is 0 Å². The SMILES string of the molecule is c1ccc(-c2cccc(Nc3ccc(-c4ccccc4)c4ccccc34)c2)cc1. The van der Waals surface area contributed by atoms with Gasteiger partial charge in [-0.05, 0) is 45.8 Å². The van der Waals surface area contributed by atoms with E-state index in [-0.39, 0.29) is 0 Å². The van der Waals surface area contributed by atoms with Gasteiger partial charge < -0.3 is 5.32 Å². The van der Waals surface area contributed by atoms with Crippen LogP contribution in [0.5, 0.6) is 0 Å². The van der Waals surface area contributed by atoms with Crippen LogP contribution in [-0.4, -0.2) is 0 Å². The minimum Gasteiger partial charge on any atom is -0.355 e. The molecule has 5 aromatic carbocycles. The molecule has 0 spiro atoms. The minimum atomic E-state index is 1.09. The second kappa shape index (κ2) is 7.65. The van der Waals surface area contributed by atoms with Gasteiger partial charge in [-0.2, -0.15) is 0 Å². The third-order valence-corrected chi connectivity index (χ3v) is 5.26. The zero-order valence-corrected chi connectivity index (χ0v) is 16.0. The lowest BCUT2D eigenvalue weighted by molar-refractivity contribution is 1.55. The van der Waals surface area contributed by atoms with Gasteiger partial charge in [0.15, 0.2) is 0 Å². The van der Waals surface area contributed by atoms with E-state index >= 15 is 0 Å². The zero-order valence-electron chi connectivity index (χ0n) is 16.0. The molecule has 0 radical (unpaired) electrons. The molecular weight excluding hydrogens is 350 g/mol. The van der Waals surface area contributed by atoms with Crippen molar-refractivity contribution < 1.29 is 0 Å². The van der Waals surface area contributed by atoms with Gasteiger partial charge in [0.25, 0.3) is 0 Å². The molecule has 138 valence electrons. The van der Waals surface area contributed by atoms with Gasteiger partial charge in [0.2, 0.25) is 0 Å². The van der Waals surface area contributed by atoms with Crippen LogP contribution in [0.4, 0.5) is 11.4 Å². The van der Waals surface area contributed by atoms with E-state index in [1.807, 2.05) is 6.07 Å². The summed E-state index contributed by atoms with van der Waals surface area (Å²) in [5.74, 6) is 0. The smallest absolute Gasteiger partial charge is 0.0464 e. The van der Waals surface area contributed by atoms with Crippen molar-refractivity contribution in [2.24, 2.45) is 0 Å². The van der Waals surface area contributed by atoms with Crippen molar-refractivity contribution in [3.05, 3.63) is 121 Å². The van der Waals surface area contributed by atoms with Crippen LogP contribution in [0.3, 0.4) is 0 Å². The molecule has 5 aromatic rings. The molecule has 0 unspecified atom stereocenters. The maximum atomic E-state index is 3.64. The van der Waals surface area contributed by atoms with E-state index < -0.39 is 0 Å². The summed E-state index contributed by atoms with van der Waals surface area (Å²) in [5, 5.41) is 6.11. The Morgan fingerprint density at radius 1 is 0.414 bits per heavy atom. The van der Waals surface area contributed by atoms with Crippen LogP contribution in [0.15, 0.2) is 121 Å². The number of rotatable bonds is 4. The highest BCUT2D eigenvalue weighted by Crippen LogP contribution is 2.35. The van der Waals surface area contributed by atoms with E-state index in [1.165, 1.54) is 33.0 Å². The highest BCUT2D eigenvalue weighted by atomic mass is 14.9. The highest BCUT2D eigenvalue weighted by Gasteiger charge is 2.08. The topological polar surface area (TPSA) is 12.0 Å². The fourth-order valence-electron chi connectivity index (χ4n) is 3.84. The number of hydrogen-bond acceptors (Lipinski definition) is 1. The first-order chi connectivity index (χ1) is 14.4. The highest BCUT2D eigenvalue weighted by molar-refractivity contribution is 6.04. The van der Waals surface area contributed by atoms with E-state index in [1.54, 1.807) is 0 Å². The lowest BCUT2D eigenvalue weighted by Gasteiger charge is -2.14. The predicted molar refractivity (Wildman–Crippen MR) is 125 cm³/mol. The number of benzene rings is 5. The van der Waals surface area contributed by atoms with Gasteiger partial charge in [-0.1, -0.05) is 103 Å². The second-order valence-corrected chi connectivity index (χ2v) is 7.14. The summed E-state index contributed by atoms with van der Waals surface area (Å²) in [6, 6.07) is 42.6. The van der Waals surface area contributed by atoms with Crippen LogP contribution in [0.2, 0.25) is 0 Å². The Balaban J connectivity index is 1.56. The normalized spacial score (nSPS) is 10.8. The zero-order chi connectivity index (χ0) is 19.5. The van der Waals surface area contributed by atoms with Crippen molar-refractivity contribution in [2.45, 2.75) is 0 Å². The van der Waals surface area contributed by atoms with Crippen molar-refractivity contribution in [1.29, 1.82) is 0 Å². The molecule has 0 aliphatic heterocycles. The number of fused-ring (bicyclic) bond motifs is 1. The van der Waals surface area contributed by atoms with Gasteiger partial charge >= 0.3 is 0 Å². The molecular formula is C28H21N. The van der Waals surface area contributed by atoms with Crippen LogP contribution in [-0.2, 0) is 0 Å². The first-order valence-electron chi connectivity index (χ1n) is 9.88. The lowest BCUT2D eigenvalue weighted by Crippen LogP contribution is -1.93. The number of nitrogens with one attached hydrogen (secondary N) is 1. The third-order valence-electron chi connectivity index (χ3n) is 5.26. The molecule has 0 aromatic heterocycles. The van der Waals surface area contributed by atoms with Crippen LogP contribution in [0.1, 0.15) is 0 Å². The first-order valence-corrected chi connectivity index (χ1v) is 9.88. The summed E-state index contributed by atoms with van der Waals surface area (Å²) in [6.45, 7) is 0. The molecule has 0 heterocycles. The molecule has 5 rings (SSSR count). The Bertz CT molecular complexity index is 1260. The summed E-state index contributed by atoms with van der Waals surface area (Å²) in [7, 11) is 0. The van der Waals surface area contributed by atoms with Crippen LogP contribution < -0.4 is 5.32 Å². The van der Waals surface area contributed by atoms with Crippen molar-refractivity contribution >= 4 is 22.1 Å². The summed E-state index contributed by atoms with van der Waals surface area (Å²) >= 11 is 0. The van der Waals surface area contributed by atoms with Gasteiger partial charge in [-0.25, -0.2) is 0 Å². The van der Waals surface area contributed by atoms with Crippen molar-refractivity contribution in [1.82, 2.24) is 0 Å². The Labute approximate surface area is 171 Å². The fourth-order valence-corrected chi connectivity index (χ4v) is 3.84. The van der Waals surface area contributed by atoms with Crippen molar-refractivity contribution in [2.75, 3.05) is 5.32 Å². The fraction of sp³-hybridized carbons (Fsp3) is 0. The van der Waals surface area contributed by atoms with Crippen LogP contribution in [0, 0.1) is 0 Å². The van der Waals surface area contributed by atoms with E-state index in [4.69, 9.17) is 0 Å². The maximum absolute atomic E-state index is 3.64. The maximum Gasteiger partial charge on any atom is 0.0464 e. The average molecular weight is 371 g/mol. The molecule has 0 fully saturated rings. The van der Waals surface area contributed by atoms with Gasteiger partial charge in [0.05, 0.1) is 0 Å². The standard InChI is InChI=1S/C28H21N/c1-3-10-21(11-4-1)23-14-9-15-24(20-23)29-28-19-18-25(22-12-5-2-6-13-22)26-16-7-8-17-27(26)28/h1-20,29H. The van der Waals surface area contributed by atoms with Gasteiger partial charge in [0.1, 0.15) is 0 Å². The largest absolute Gasteiger partial charge is 0.355 e. The molecule has 29 heavy (non-hydrogen) atoms. The van der Waals surface area contributed by atoms with Gasteiger partial charge in [-0.15, -0.1) is 0 Å². The van der Waals surface area contributed by atoms with Crippen LogP contribution >= 0.6 is 0 Å². The molecule has 0 amide bonds. The Morgan fingerprint density at radius 2 is 1.03 bits per heavy atom. The molecule has 0 aliphatic carbocycles. The molecule has 0 bridgehead atoms. The van der Waals surface area contributed by atoms with Crippen molar-refractivity contribution in [3.8, 4) is 22.3 Å². The van der Waals surface area contributed by atoms with Crippen molar-refractivity contribution in [3.63, 3.8) is 0 Å². The van der Waals surface area contributed by atoms with E-state index in [0.717, 1.165) is 11.4 Å². The Morgan fingerprint density at radius 3 is 1.79 bits per heavy atom. The molecule has 1 heteroatoms. The van der Waals surface area contributed by atoms with E-state index in [9.17, 15) is 0 Å². The average Bonchev–Trinajstić information content (AvgIpc) is 2.81. The summed E-state index contributed by atoms with van der Waals surface area (Å²) in [4.78, 5) is 0. The summed E-state index contributed by atoms with van der Waals surface area (Å²) in [5.41, 5.74) is 7.13. The molecule has 0 saturated heterocycles. The van der Waals surface area contributed by atoms with Crippen LogP contribution in [0.25, 0.3) is 33.0 Å². The monoisotopic (exact) mass is 371 g/mol. The number of anilines is 2. The second-order valence-electron chi connectivity index (χ2n) is 7.14. The quantitative estimate of drug-likeness (QED) is 0.338. The lowest BCUT2D eigenvalue weighted by atomic mass is 9.97. The minimum absolute atomic E-state index is 1.09. The molecule has 0 saturated carbocycles. The Hall–Kier alpha value is -3.84. The Kier molecular flexibility index (Phi) is 4.56. The third kappa shape index (κ3) is 3.51. The first kappa shape index (κ1) is 17.3. The van der Waals surface area contributed by atoms with Gasteiger partial charge in [0, 0.05) is 16.8 Å². The molecule has 1 nitrogen and oxygen atoms in total. The molecule has 0 aliphatic rings.